The van der Waals surface area contributed by atoms with Gasteiger partial charge in [-0.15, -0.1) is 0 Å². The van der Waals surface area contributed by atoms with Gasteiger partial charge in [0.05, 0.1) is 6.10 Å². The first-order chi connectivity index (χ1) is 5.95. The molecule has 0 saturated carbocycles. The zero-order valence-corrected chi connectivity index (χ0v) is 8.96. The van der Waals surface area contributed by atoms with Crippen molar-refractivity contribution in [3.63, 3.8) is 0 Å². The first kappa shape index (κ1) is 10.5. The smallest absolute Gasteiger partial charge is 0.228 e. The number of methoxy groups -OCH3 is 1. The van der Waals surface area contributed by atoms with Crippen LogP contribution in [0.5, 0.6) is 0 Å². The van der Waals surface area contributed by atoms with Crippen LogP contribution < -0.4 is 0 Å². The number of amides is 1. The second-order valence-electron chi connectivity index (χ2n) is 4.65. The van der Waals surface area contributed by atoms with E-state index in [-0.39, 0.29) is 17.4 Å². The van der Waals surface area contributed by atoms with Gasteiger partial charge < -0.3 is 9.64 Å². The fourth-order valence-electron chi connectivity index (χ4n) is 1.58. The third-order valence-corrected chi connectivity index (χ3v) is 2.41. The normalized spacial score (nSPS) is 23.7. The van der Waals surface area contributed by atoms with Gasteiger partial charge in [-0.3, -0.25) is 4.79 Å². The highest BCUT2D eigenvalue weighted by Gasteiger charge is 2.32. The van der Waals surface area contributed by atoms with Crippen LogP contribution in [0.25, 0.3) is 0 Å². The Balaban J connectivity index is 2.52. The SMILES string of the molecule is COC1CCN(C(=O)C(C)(C)C)C1. The van der Waals surface area contributed by atoms with Crippen LogP contribution in [0.3, 0.4) is 0 Å². The Morgan fingerprint density at radius 1 is 1.46 bits per heavy atom. The Morgan fingerprint density at radius 2 is 2.08 bits per heavy atom. The van der Waals surface area contributed by atoms with E-state index in [9.17, 15) is 4.79 Å². The minimum Gasteiger partial charge on any atom is -0.380 e. The second-order valence-corrected chi connectivity index (χ2v) is 4.65. The van der Waals surface area contributed by atoms with Crippen LogP contribution in [-0.2, 0) is 9.53 Å². The van der Waals surface area contributed by atoms with E-state index in [1.807, 2.05) is 25.7 Å². The van der Waals surface area contributed by atoms with Gasteiger partial charge in [0.25, 0.3) is 0 Å². The molecule has 0 aromatic carbocycles. The largest absolute Gasteiger partial charge is 0.380 e. The average molecular weight is 185 g/mol. The molecule has 1 unspecified atom stereocenters. The number of ether oxygens (including phenoxy) is 1. The summed E-state index contributed by atoms with van der Waals surface area (Å²) in [6.45, 7) is 7.46. The van der Waals surface area contributed by atoms with Crippen molar-refractivity contribution in [3.05, 3.63) is 0 Å². The molecule has 76 valence electrons. The van der Waals surface area contributed by atoms with Gasteiger partial charge in [0.2, 0.25) is 5.91 Å². The number of rotatable bonds is 1. The Labute approximate surface area is 80.1 Å². The molecule has 3 heteroatoms. The maximum Gasteiger partial charge on any atom is 0.228 e. The lowest BCUT2D eigenvalue weighted by Gasteiger charge is -2.25. The van der Waals surface area contributed by atoms with Crippen LogP contribution >= 0.6 is 0 Å². The Kier molecular flexibility index (Phi) is 2.96. The molecule has 0 N–H and O–H groups in total. The lowest BCUT2D eigenvalue weighted by molar-refractivity contribution is -0.138. The lowest BCUT2D eigenvalue weighted by Crippen LogP contribution is -2.38. The number of hydrogen-bond acceptors (Lipinski definition) is 2. The molecular formula is C10H19NO2. The summed E-state index contributed by atoms with van der Waals surface area (Å²) >= 11 is 0. The molecule has 1 fully saturated rings. The topological polar surface area (TPSA) is 29.5 Å². The number of carbonyl (C=O) groups is 1. The number of likely N-dealkylation sites (tertiary alicyclic amines) is 1. The molecular weight excluding hydrogens is 166 g/mol. The fourth-order valence-corrected chi connectivity index (χ4v) is 1.58. The molecule has 0 bridgehead atoms. The molecule has 0 aromatic rings. The highest BCUT2D eigenvalue weighted by molar-refractivity contribution is 5.81. The molecule has 0 aromatic heterocycles. The first-order valence-corrected chi connectivity index (χ1v) is 4.77. The van der Waals surface area contributed by atoms with Crippen LogP contribution in [0, 0.1) is 5.41 Å². The molecule has 1 heterocycles. The van der Waals surface area contributed by atoms with E-state index in [1.54, 1.807) is 7.11 Å². The van der Waals surface area contributed by atoms with Gasteiger partial charge in [0.15, 0.2) is 0 Å². The third-order valence-electron chi connectivity index (χ3n) is 2.41. The van der Waals surface area contributed by atoms with Gasteiger partial charge in [0, 0.05) is 25.6 Å². The van der Waals surface area contributed by atoms with E-state index in [0.29, 0.717) is 0 Å². The molecule has 1 aliphatic heterocycles. The van der Waals surface area contributed by atoms with Crippen LogP contribution in [-0.4, -0.2) is 37.1 Å². The highest BCUT2D eigenvalue weighted by Crippen LogP contribution is 2.21. The zero-order chi connectivity index (χ0) is 10.1. The van der Waals surface area contributed by atoms with Crippen molar-refractivity contribution in [2.45, 2.75) is 33.3 Å². The maximum absolute atomic E-state index is 11.8. The summed E-state index contributed by atoms with van der Waals surface area (Å²) in [5.74, 6) is 0.229. The average Bonchev–Trinajstić information content (AvgIpc) is 2.48. The quantitative estimate of drug-likeness (QED) is 0.616. The molecule has 3 nitrogen and oxygen atoms in total. The fraction of sp³-hybridized carbons (Fsp3) is 0.900. The summed E-state index contributed by atoms with van der Waals surface area (Å²) in [5, 5.41) is 0. The van der Waals surface area contributed by atoms with E-state index in [2.05, 4.69) is 0 Å². The molecule has 13 heavy (non-hydrogen) atoms. The maximum atomic E-state index is 11.8. The lowest BCUT2D eigenvalue weighted by atomic mass is 9.95. The van der Waals surface area contributed by atoms with Gasteiger partial charge in [0.1, 0.15) is 0 Å². The van der Waals surface area contributed by atoms with Crippen molar-refractivity contribution < 1.29 is 9.53 Å². The summed E-state index contributed by atoms with van der Waals surface area (Å²) in [5.41, 5.74) is -0.261. The molecule has 1 aliphatic rings. The summed E-state index contributed by atoms with van der Waals surface area (Å²) in [4.78, 5) is 13.7. The van der Waals surface area contributed by atoms with Crippen molar-refractivity contribution >= 4 is 5.91 Å². The van der Waals surface area contributed by atoms with E-state index >= 15 is 0 Å². The van der Waals surface area contributed by atoms with Crippen molar-refractivity contribution in [1.82, 2.24) is 4.90 Å². The van der Waals surface area contributed by atoms with Crippen LogP contribution in [0.4, 0.5) is 0 Å². The van der Waals surface area contributed by atoms with E-state index in [0.717, 1.165) is 19.5 Å². The summed E-state index contributed by atoms with van der Waals surface area (Å²) in [7, 11) is 1.70. The third kappa shape index (κ3) is 2.44. The van der Waals surface area contributed by atoms with Gasteiger partial charge in [-0.2, -0.15) is 0 Å². The molecule has 0 radical (unpaired) electrons. The Hall–Kier alpha value is -0.570. The Morgan fingerprint density at radius 3 is 2.46 bits per heavy atom. The second kappa shape index (κ2) is 3.66. The monoisotopic (exact) mass is 185 g/mol. The predicted molar refractivity (Wildman–Crippen MR) is 51.4 cm³/mol. The van der Waals surface area contributed by atoms with Crippen molar-refractivity contribution in [3.8, 4) is 0 Å². The van der Waals surface area contributed by atoms with Gasteiger partial charge >= 0.3 is 0 Å². The van der Waals surface area contributed by atoms with E-state index in [4.69, 9.17) is 4.74 Å². The molecule has 0 spiro atoms. The molecule has 1 saturated heterocycles. The number of hydrogen-bond donors (Lipinski definition) is 0. The molecule has 1 atom stereocenters. The highest BCUT2D eigenvalue weighted by atomic mass is 16.5. The first-order valence-electron chi connectivity index (χ1n) is 4.77. The minimum absolute atomic E-state index is 0.229. The predicted octanol–water partition coefficient (Wildman–Crippen LogP) is 1.28. The van der Waals surface area contributed by atoms with Crippen LogP contribution in [0.15, 0.2) is 0 Å². The summed E-state index contributed by atoms with van der Waals surface area (Å²) in [6.07, 6.45) is 1.21. The Bertz CT molecular complexity index is 196. The van der Waals surface area contributed by atoms with Gasteiger partial charge in [-0.1, -0.05) is 20.8 Å². The molecule has 1 rings (SSSR count). The number of nitrogens with zero attached hydrogens (tertiary/aromatic N) is 1. The van der Waals surface area contributed by atoms with Crippen molar-refractivity contribution in [2.24, 2.45) is 5.41 Å². The van der Waals surface area contributed by atoms with Crippen LogP contribution in [0.1, 0.15) is 27.2 Å². The van der Waals surface area contributed by atoms with Crippen molar-refractivity contribution in [1.29, 1.82) is 0 Å². The van der Waals surface area contributed by atoms with Crippen LogP contribution in [0.2, 0.25) is 0 Å². The van der Waals surface area contributed by atoms with E-state index < -0.39 is 0 Å². The van der Waals surface area contributed by atoms with E-state index in [1.165, 1.54) is 0 Å². The standard InChI is InChI=1S/C10H19NO2/c1-10(2,3)9(12)11-6-5-8(7-11)13-4/h8H,5-7H2,1-4H3. The molecule has 1 amide bonds. The van der Waals surface area contributed by atoms with Gasteiger partial charge in [-0.05, 0) is 6.42 Å². The minimum atomic E-state index is -0.261. The molecule has 0 aliphatic carbocycles. The number of carbonyl (C=O) groups excluding carboxylic acids is 1. The zero-order valence-electron chi connectivity index (χ0n) is 8.96. The van der Waals surface area contributed by atoms with Crippen molar-refractivity contribution in [2.75, 3.05) is 20.2 Å². The summed E-state index contributed by atoms with van der Waals surface area (Å²) < 4.78 is 5.21. The summed E-state index contributed by atoms with van der Waals surface area (Å²) in [6, 6.07) is 0. The van der Waals surface area contributed by atoms with Gasteiger partial charge in [-0.25, -0.2) is 0 Å².